The highest BCUT2D eigenvalue weighted by Gasteiger charge is 2.07. The lowest BCUT2D eigenvalue weighted by Crippen LogP contribution is -2.04. The van der Waals surface area contributed by atoms with Crippen LogP contribution in [0, 0.1) is 0 Å². The van der Waals surface area contributed by atoms with Crippen molar-refractivity contribution >= 4 is 11.6 Å². The zero-order chi connectivity index (χ0) is 13.0. The van der Waals surface area contributed by atoms with Gasteiger partial charge in [0.1, 0.15) is 0 Å². The van der Waals surface area contributed by atoms with Gasteiger partial charge in [0.05, 0.1) is 0 Å². The van der Waals surface area contributed by atoms with Crippen LogP contribution >= 0.6 is 0 Å². The molecule has 0 fully saturated rings. The molecule has 90 valence electrons. The molecule has 0 aliphatic heterocycles. The lowest BCUT2D eigenvalue weighted by molar-refractivity contribution is 0.0987. The standard InChI is InChI=1S/C16H14O2/c1-12(17)14-7-9-15(10-8-14)16(18)11-13-5-3-2-4-6-13/h2-10H,11H2,1H3. The minimum Gasteiger partial charge on any atom is -0.295 e. The van der Waals surface area contributed by atoms with E-state index in [1.54, 1.807) is 24.3 Å². The normalized spacial score (nSPS) is 10.1. The van der Waals surface area contributed by atoms with Crippen LogP contribution in [0.5, 0.6) is 0 Å². The van der Waals surface area contributed by atoms with Crippen molar-refractivity contribution in [2.75, 3.05) is 0 Å². The van der Waals surface area contributed by atoms with Gasteiger partial charge in [-0.15, -0.1) is 0 Å². The van der Waals surface area contributed by atoms with Crippen molar-refractivity contribution in [3.8, 4) is 0 Å². The van der Waals surface area contributed by atoms with E-state index < -0.39 is 0 Å². The second kappa shape index (κ2) is 5.41. The molecule has 2 rings (SSSR count). The fourth-order valence-electron chi connectivity index (χ4n) is 1.77. The molecule has 18 heavy (non-hydrogen) atoms. The van der Waals surface area contributed by atoms with Crippen LogP contribution in [0.25, 0.3) is 0 Å². The molecule has 0 spiro atoms. The maximum Gasteiger partial charge on any atom is 0.167 e. The number of carbonyl (C=O) groups excluding carboxylic acids is 2. The molecule has 2 heteroatoms. The number of hydrogen-bond donors (Lipinski definition) is 0. The van der Waals surface area contributed by atoms with Crippen LogP contribution in [0.1, 0.15) is 33.2 Å². The van der Waals surface area contributed by atoms with Gasteiger partial charge >= 0.3 is 0 Å². The van der Waals surface area contributed by atoms with E-state index in [1.807, 2.05) is 30.3 Å². The van der Waals surface area contributed by atoms with Crippen molar-refractivity contribution in [3.05, 3.63) is 71.3 Å². The average Bonchev–Trinajstić information content (AvgIpc) is 2.40. The molecule has 0 radical (unpaired) electrons. The third-order valence-corrected chi connectivity index (χ3v) is 2.82. The molecule has 2 nitrogen and oxygen atoms in total. The summed E-state index contributed by atoms with van der Waals surface area (Å²) in [6.07, 6.45) is 0.389. The minimum atomic E-state index is 0.0112. The Morgan fingerprint density at radius 3 is 1.94 bits per heavy atom. The molecule has 0 bridgehead atoms. The molecule has 2 aromatic rings. The smallest absolute Gasteiger partial charge is 0.167 e. The predicted molar refractivity (Wildman–Crippen MR) is 70.9 cm³/mol. The van der Waals surface area contributed by atoms with Crippen LogP contribution in [0.15, 0.2) is 54.6 Å². The van der Waals surface area contributed by atoms with Crippen molar-refractivity contribution < 1.29 is 9.59 Å². The molecule has 0 aromatic heterocycles. The van der Waals surface area contributed by atoms with E-state index in [9.17, 15) is 9.59 Å². The second-order valence-corrected chi connectivity index (χ2v) is 4.22. The zero-order valence-electron chi connectivity index (χ0n) is 10.2. The molecule has 0 aliphatic carbocycles. The van der Waals surface area contributed by atoms with Crippen molar-refractivity contribution in [1.82, 2.24) is 0 Å². The summed E-state index contributed by atoms with van der Waals surface area (Å²) in [7, 11) is 0. The van der Waals surface area contributed by atoms with Crippen molar-refractivity contribution in [2.24, 2.45) is 0 Å². The first-order valence-electron chi connectivity index (χ1n) is 5.85. The summed E-state index contributed by atoms with van der Waals surface area (Å²) in [5.41, 5.74) is 2.27. The molecule has 2 aromatic carbocycles. The summed E-state index contributed by atoms with van der Waals surface area (Å²) in [4.78, 5) is 23.1. The molecule has 0 N–H and O–H groups in total. The predicted octanol–water partition coefficient (Wildman–Crippen LogP) is 3.31. The highest BCUT2D eigenvalue weighted by molar-refractivity contribution is 5.99. The van der Waals surface area contributed by atoms with Crippen LogP contribution in [-0.4, -0.2) is 11.6 Å². The Hall–Kier alpha value is -2.22. The molecule has 0 amide bonds. The Morgan fingerprint density at radius 2 is 1.39 bits per heavy atom. The molecular weight excluding hydrogens is 224 g/mol. The van der Waals surface area contributed by atoms with E-state index in [2.05, 4.69) is 0 Å². The number of Topliss-reactive ketones (excluding diaryl/α,β-unsaturated/α-hetero) is 2. The first kappa shape index (κ1) is 12.2. The fraction of sp³-hybridized carbons (Fsp3) is 0.125. The lowest BCUT2D eigenvalue weighted by Gasteiger charge is -2.02. The Balaban J connectivity index is 2.12. The fourth-order valence-corrected chi connectivity index (χ4v) is 1.77. The number of hydrogen-bond acceptors (Lipinski definition) is 2. The maximum absolute atomic E-state index is 12.0. The molecule has 0 unspecified atom stereocenters. The Bertz CT molecular complexity index is 553. The summed E-state index contributed by atoms with van der Waals surface area (Å²) < 4.78 is 0. The van der Waals surface area contributed by atoms with E-state index in [0.717, 1.165) is 5.56 Å². The topological polar surface area (TPSA) is 34.1 Å². The van der Waals surface area contributed by atoms with Gasteiger partial charge in [-0.25, -0.2) is 0 Å². The molecular formula is C16H14O2. The van der Waals surface area contributed by atoms with Crippen LogP contribution in [0.4, 0.5) is 0 Å². The Labute approximate surface area is 106 Å². The van der Waals surface area contributed by atoms with Gasteiger partial charge in [-0.2, -0.15) is 0 Å². The average molecular weight is 238 g/mol. The highest BCUT2D eigenvalue weighted by Crippen LogP contribution is 2.09. The van der Waals surface area contributed by atoms with E-state index in [-0.39, 0.29) is 11.6 Å². The van der Waals surface area contributed by atoms with Crippen molar-refractivity contribution in [2.45, 2.75) is 13.3 Å². The monoisotopic (exact) mass is 238 g/mol. The number of benzene rings is 2. The van der Waals surface area contributed by atoms with Gasteiger partial charge in [0, 0.05) is 17.5 Å². The summed E-state index contributed by atoms with van der Waals surface area (Å²) in [6, 6.07) is 16.4. The summed E-state index contributed by atoms with van der Waals surface area (Å²) >= 11 is 0. The number of rotatable bonds is 4. The SMILES string of the molecule is CC(=O)c1ccc(C(=O)Cc2ccccc2)cc1. The first-order valence-corrected chi connectivity index (χ1v) is 5.85. The van der Waals surface area contributed by atoms with E-state index in [4.69, 9.17) is 0 Å². The minimum absolute atomic E-state index is 0.0112. The van der Waals surface area contributed by atoms with Gasteiger partial charge in [0.25, 0.3) is 0 Å². The van der Waals surface area contributed by atoms with E-state index >= 15 is 0 Å². The molecule has 0 heterocycles. The third-order valence-electron chi connectivity index (χ3n) is 2.82. The van der Waals surface area contributed by atoms with Gasteiger partial charge in [-0.3, -0.25) is 9.59 Å². The van der Waals surface area contributed by atoms with Crippen molar-refractivity contribution in [3.63, 3.8) is 0 Å². The van der Waals surface area contributed by atoms with E-state index in [1.165, 1.54) is 6.92 Å². The van der Waals surface area contributed by atoms with Gasteiger partial charge in [0.2, 0.25) is 0 Å². The second-order valence-electron chi connectivity index (χ2n) is 4.22. The molecule has 0 saturated carbocycles. The summed E-state index contributed by atoms with van der Waals surface area (Å²) in [5, 5.41) is 0. The van der Waals surface area contributed by atoms with E-state index in [0.29, 0.717) is 17.5 Å². The molecule has 0 atom stereocenters. The highest BCUT2D eigenvalue weighted by atomic mass is 16.1. The van der Waals surface area contributed by atoms with Crippen LogP contribution < -0.4 is 0 Å². The lowest BCUT2D eigenvalue weighted by atomic mass is 10.0. The van der Waals surface area contributed by atoms with Gasteiger partial charge in [-0.05, 0) is 12.5 Å². The maximum atomic E-state index is 12.0. The van der Waals surface area contributed by atoms with Gasteiger partial charge < -0.3 is 0 Å². The third kappa shape index (κ3) is 2.92. The summed E-state index contributed by atoms with van der Waals surface area (Å²) in [5.74, 6) is 0.0772. The molecule has 0 aliphatic rings. The Morgan fingerprint density at radius 1 is 0.833 bits per heavy atom. The summed E-state index contributed by atoms with van der Waals surface area (Å²) in [6.45, 7) is 1.51. The van der Waals surface area contributed by atoms with Crippen LogP contribution in [0.2, 0.25) is 0 Å². The quantitative estimate of drug-likeness (QED) is 0.766. The number of ketones is 2. The molecule has 0 saturated heterocycles. The number of carbonyl (C=O) groups is 2. The first-order chi connectivity index (χ1) is 8.66. The van der Waals surface area contributed by atoms with Gasteiger partial charge in [0.15, 0.2) is 11.6 Å². The Kier molecular flexibility index (Phi) is 3.68. The van der Waals surface area contributed by atoms with Crippen LogP contribution in [-0.2, 0) is 6.42 Å². The van der Waals surface area contributed by atoms with Crippen LogP contribution in [0.3, 0.4) is 0 Å². The van der Waals surface area contributed by atoms with Crippen molar-refractivity contribution in [1.29, 1.82) is 0 Å². The zero-order valence-corrected chi connectivity index (χ0v) is 10.2. The largest absolute Gasteiger partial charge is 0.295 e. The van der Waals surface area contributed by atoms with Gasteiger partial charge in [-0.1, -0.05) is 54.6 Å².